The topological polar surface area (TPSA) is 46.3 Å². The van der Waals surface area contributed by atoms with Crippen molar-refractivity contribution in [3.63, 3.8) is 0 Å². The zero-order valence-electron chi connectivity index (χ0n) is 12.5. The fourth-order valence-corrected chi connectivity index (χ4v) is 3.65. The number of aryl methyl sites for hydroxylation is 1. The van der Waals surface area contributed by atoms with Gasteiger partial charge in [0.1, 0.15) is 11.5 Å². The maximum absolute atomic E-state index is 11.3. The van der Waals surface area contributed by atoms with Crippen molar-refractivity contribution >= 4 is 17.1 Å². The lowest BCUT2D eigenvalue weighted by atomic mass is 9.96. The normalized spacial score (nSPS) is 14.4. The predicted octanol–water partition coefficient (Wildman–Crippen LogP) is 3.45. The minimum atomic E-state index is 0.138. The number of Topliss-reactive ketones (excluding diaryl/α,β-unsaturated/α-hetero) is 1. The number of aromatic nitrogens is 1. The zero-order valence-corrected chi connectivity index (χ0v) is 13.3. The average Bonchev–Trinajstić information content (AvgIpc) is 3.07. The molecule has 0 spiro atoms. The van der Waals surface area contributed by atoms with Crippen LogP contribution in [0.1, 0.15) is 52.0 Å². The van der Waals surface area contributed by atoms with E-state index in [1.54, 1.807) is 6.92 Å². The zero-order chi connectivity index (χ0) is 14.8. The lowest BCUT2D eigenvalue weighted by Crippen LogP contribution is -2.18. The molecule has 0 aromatic carbocycles. The molecule has 0 amide bonds. The van der Waals surface area contributed by atoms with Crippen LogP contribution < -0.4 is 0 Å². The lowest BCUT2D eigenvalue weighted by molar-refractivity contribution is 0.102. The van der Waals surface area contributed by atoms with Crippen LogP contribution in [0.4, 0.5) is 0 Å². The molecule has 0 saturated heterocycles. The summed E-state index contributed by atoms with van der Waals surface area (Å²) in [6.07, 6.45) is 4.56. The molecule has 0 unspecified atom stereocenters. The summed E-state index contributed by atoms with van der Waals surface area (Å²) >= 11 is 1.52. The van der Waals surface area contributed by atoms with Gasteiger partial charge in [-0.15, -0.1) is 11.3 Å². The Kier molecular flexibility index (Phi) is 4.22. The van der Waals surface area contributed by atoms with Crippen LogP contribution in [0.3, 0.4) is 0 Å². The second kappa shape index (κ2) is 6.12. The van der Waals surface area contributed by atoms with E-state index in [-0.39, 0.29) is 5.78 Å². The van der Waals surface area contributed by atoms with E-state index in [4.69, 9.17) is 4.52 Å². The third-order valence-electron chi connectivity index (χ3n) is 3.90. The van der Waals surface area contributed by atoms with Gasteiger partial charge in [0.25, 0.3) is 0 Å². The van der Waals surface area contributed by atoms with E-state index in [0.29, 0.717) is 0 Å². The van der Waals surface area contributed by atoms with Gasteiger partial charge in [-0.1, -0.05) is 5.16 Å². The molecule has 0 saturated carbocycles. The van der Waals surface area contributed by atoms with Crippen molar-refractivity contribution in [2.75, 3.05) is 7.05 Å². The molecule has 0 N–H and O–H groups in total. The van der Waals surface area contributed by atoms with Gasteiger partial charge in [-0.05, 0) is 50.2 Å². The van der Waals surface area contributed by atoms with Gasteiger partial charge in [0, 0.05) is 25.1 Å². The van der Waals surface area contributed by atoms with Crippen molar-refractivity contribution in [2.24, 2.45) is 0 Å². The van der Waals surface area contributed by atoms with Crippen molar-refractivity contribution in [3.05, 3.63) is 38.9 Å². The highest BCUT2D eigenvalue weighted by molar-refractivity contribution is 7.12. The number of rotatable bonds is 5. The average molecular weight is 304 g/mol. The molecule has 0 aliphatic heterocycles. The molecule has 1 aliphatic carbocycles. The first kappa shape index (κ1) is 14.5. The van der Waals surface area contributed by atoms with E-state index < -0.39 is 0 Å². The van der Waals surface area contributed by atoms with Crippen LogP contribution in [0.2, 0.25) is 0 Å². The third kappa shape index (κ3) is 3.24. The molecule has 2 aromatic heterocycles. The largest absolute Gasteiger partial charge is 0.361 e. The van der Waals surface area contributed by atoms with Crippen LogP contribution >= 0.6 is 11.3 Å². The van der Waals surface area contributed by atoms with E-state index in [2.05, 4.69) is 22.5 Å². The first-order valence-electron chi connectivity index (χ1n) is 7.36. The van der Waals surface area contributed by atoms with Crippen LogP contribution in [0.15, 0.2) is 16.0 Å². The van der Waals surface area contributed by atoms with Crippen molar-refractivity contribution < 1.29 is 9.32 Å². The summed E-state index contributed by atoms with van der Waals surface area (Å²) in [5.74, 6) is 1.22. The lowest BCUT2D eigenvalue weighted by Gasteiger charge is -2.16. The number of hydrogen-bond acceptors (Lipinski definition) is 5. The van der Waals surface area contributed by atoms with E-state index in [9.17, 15) is 4.79 Å². The first-order valence-corrected chi connectivity index (χ1v) is 8.24. The Morgan fingerprint density at radius 1 is 1.38 bits per heavy atom. The second-order valence-corrected chi connectivity index (χ2v) is 6.70. The maximum atomic E-state index is 11.3. The van der Waals surface area contributed by atoms with Gasteiger partial charge in [-0.2, -0.15) is 0 Å². The standard InChI is InChI=1S/C16H20N2O2S/c1-11(19)16-7-12(10-21-16)8-18(2)9-14-13-5-3-4-6-15(13)20-17-14/h7,10H,3-6,8-9H2,1-2H3. The molecule has 21 heavy (non-hydrogen) atoms. The van der Waals surface area contributed by atoms with Crippen molar-refractivity contribution in [1.82, 2.24) is 10.1 Å². The molecule has 0 radical (unpaired) electrons. The highest BCUT2D eigenvalue weighted by Crippen LogP contribution is 2.25. The van der Waals surface area contributed by atoms with Crippen LogP contribution in [-0.2, 0) is 25.9 Å². The Morgan fingerprint density at radius 3 is 2.95 bits per heavy atom. The van der Waals surface area contributed by atoms with Gasteiger partial charge in [-0.25, -0.2) is 0 Å². The summed E-state index contributed by atoms with van der Waals surface area (Å²) in [7, 11) is 2.08. The number of thiophene rings is 1. The predicted molar refractivity (Wildman–Crippen MR) is 82.6 cm³/mol. The van der Waals surface area contributed by atoms with Gasteiger partial charge in [0.2, 0.25) is 0 Å². The Bertz CT molecular complexity index is 644. The molecule has 3 rings (SSSR count). The molecule has 2 heterocycles. The smallest absolute Gasteiger partial charge is 0.169 e. The Balaban J connectivity index is 1.64. The number of nitrogens with zero attached hydrogens (tertiary/aromatic N) is 2. The minimum absolute atomic E-state index is 0.138. The summed E-state index contributed by atoms with van der Waals surface area (Å²) < 4.78 is 5.45. The SMILES string of the molecule is CC(=O)c1cc(CN(C)Cc2noc3c2CCCC3)cs1. The first-order chi connectivity index (χ1) is 10.1. The van der Waals surface area contributed by atoms with Crippen LogP contribution in [-0.4, -0.2) is 22.9 Å². The van der Waals surface area contributed by atoms with Gasteiger partial charge in [0.15, 0.2) is 5.78 Å². The van der Waals surface area contributed by atoms with E-state index in [0.717, 1.165) is 42.3 Å². The maximum Gasteiger partial charge on any atom is 0.169 e. The number of ketones is 1. The molecule has 0 bridgehead atoms. The third-order valence-corrected chi connectivity index (χ3v) is 4.98. The van der Waals surface area contributed by atoms with Crippen molar-refractivity contribution in [1.29, 1.82) is 0 Å². The van der Waals surface area contributed by atoms with Crippen molar-refractivity contribution in [2.45, 2.75) is 45.7 Å². The van der Waals surface area contributed by atoms with Gasteiger partial charge < -0.3 is 4.52 Å². The number of carbonyl (C=O) groups is 1. The molecule has 0 fully saturated rings. The van der Waals surface area contributed by atoms with E-state index >= 15 is 0 Å². The van der Waals surface area contributed by atoms with Crippen LogP contribution in [0, 0.1) is 0 Å². The monoisotopic (exact) mass is 304 g/mol. The molecule has 5 heteroatoms. The summed E-state index contributed by atoms with van der Waals surface area (Å²) in [6, 6.07) is 1.99. The summed E-state index contributed by atoms with van der Waals surface area (Å²) in [5, 5.41) is 6.31. The minimum Gasteiger partial charge on any atom is -0.361 e. The summed E-state index contributed by atoms with van der Waals surface area (Å²) in [6.45, 7) is 3.23. The van der Waals surface area contributed by atoms with Crippen molar-refractivity contribution in [3.8, 4) is 0 Å². The van der Waals surface area contributed by atoms with Crippen LogP contribution in [0.5, 0.6) is 0 Å². The number of fused-ring (bicyclic) bond motifs is 1. The van der Waals surface area contributed by atoms with Gasteiger partial charge in [-0.3, -0.25) is 9.69 Å². The number of hydrogen-bond donors (Lipinski definition) is 0. The van der Waals surface area contributed by atoms with Gasteiger partial charge in [0.05, 0.1) is 4.88 Å². The fourth-order valence-electron chi connectivity index (χ4n) is 2.84. The molecule has 0 atom stereocenters. The van der Waals surface area contributed by atoms with E-state index in [1.165, 1.54) is 35.3 Å². The number of carbonyl (C=O) groups excluding carboxylic acids is 1. The summed E-state index contributed by atoms with van der Waals surface area (Å²) in [5.41, 5.74) is 3.59. The van der Waals surface area contributed by atoms with Crippen LogP contribution in [0.25, 0.3) is 0 Å². The quantitative estimate of drug-likeness (QED) is 0.794. The summed E-state index contributed by atoms with van der Waals surface area (Å²) in [4.78, 5) is 14.4. The fraction of sp³-hybridized carbons (Fsp3) is 0.500. The molecule has 112 valence electrons. The Labute approximate surface area is 128 Å². The Hall–Kier alpha value is -1.46. The molecule has 4 nitrogen and oxygen atoms in total. The second-order valence-electron chi connectivity index (χ2n) is 5.79. The molecule has 2 aromatic rings. The molecular formula is C16H20N2O2S. The molecular weight excluding hydrogens is 284 g/mol. The highest BCUT2D eigenvalue weighted by Gasteiger charge is 2.20. The Morgan fingerprint density at radius 2 is 2.19 bits per heavy atom. The van der Waals surface area contributed by atoms with Gasteiger partial charge >= 0.3 is 0 Å². The highest BCUT2D eigenvalue weighted by atomic mass is 32.1. The van der Waals surface area contributed by atoms with E-state index in [1.807, 2.05) is 6.07 Å². The molecule has 1 aliphatic rings.